The molecule has 0 aliphatic rings. The second kappa shape index (κ2) is 5.24. The molecule has 0 unspecified atom stereocenters. The minimum Gasteiger partial charge on any atom is -0.386 e. The van der Waals surface area contributed by atoms with Crippen LogP contribution in [0, 0.1) is 5.82 Å². The highest BCUT2D eigenvalue weighted by Gasteiger charge is 2.26. The molecule has 2 nitrogen and oxygen atoms in total. The van der Waals surface area contributed by atoms with Crippen LogP contribution >= 0.6 is 11.6 Å². The first-order valence-corrected chi connectivity index (χ1v) is 5.24. The fourth-order valence-corrected chi connectivity index (χ4v) is 1.50. The molecule has 1 rings (SSSR count). The van der Waals surface area contributed by atoms with Gasteiger partial charge >= 0.3 is 0 Å². The summed E-state index contributed by atoms with van der Waals surface area (Å²) in [7, 11) is 0. The molecule has 0 fully saturated rings. The number of alkyl halides is 2. The molecule has 0 aliphatic carbocycles. The Labute approximate surface area is 106 Å². The molecule has 1 N–H and O–H groups in total. The summed E-state index contributed by atoms with van der Waals surface area (Å²) in [4.78, 5) is 3.33. The Morgan fingerprint density at radius 3 is 2.44 bits per heavy atom. The minimum absolute atomic E-state index is 0.324. The van der Waals surface area contributed by atoms with Crippen molar-refractivity contribution >= 4 is 17.2 Å². The van der Waals surface area contributed by atoms with Gasteiger partial charge in [0.25, 0.3) is 6.43 Å². The third kappa shape index (κ3) is 3.00. The van der Waals surface area contributed by atoms with Gasteiger partial charge in [-0.3, -0.25) is 0 Å². The van der Waals surface area contributed by atoms with Gasteiger partial charge in [-0.15, -0.1) is 0 Å². The maximum atomic E-state index is 13.6. The molecular weight excluding hydrogens is 274 g/mol. The van der Waals surface area contributed by atoms with Crippen LogP contribution in [-0.2, 0) is 5.60 Å². The van der Waals surface area contributed by atoms with Gasteiger partial charge in [0.15, 0.2) is 11.0 Å². The lowest BCUT2D eigenvalue weighted by Crippen LogP contribution is -2.19. The fourth-order valence-electron chi connectivity index (χ4n) is 1.31. The van der Waals surface area contributed by atoms with Gasteiger partial charge in [0.2, 0.25) is 0 Å². The van der Waals surface area contributed by atoms with Crippen molar-refractivity contribution < 1.29 is 22.7 Å². The molecule has 0 atom stereocenters. The number of hydrogen-bond acceptors (Lipinski definition) is 2. The van der Waals surface area contributed by atoms with E-state index in [2.05, 4.69) is 4.98 Å². The quantitative estimate of drug-likeness (QED) is 0.678. The van der Waals surface area contributed by atoms with Crippen LogP contribution in [0.5, 0.6) is 0 Å². The number of nitrogens with zero attached hydrogens (tertiary/aromatic N) is 1. The molecule has 7 heteroatoms. The van der Waals surface area contributed by atoms with Crippen LogP contribution in [0.3, 0.4) is 0 Å². The van der Waals surface area contributed by atoms with E-state index in [0.29, 0.717) is 0 Å². The van der Waals surface area contributed by atoms with E-state index in [9.17, 15) is 22.7 Å². The zero-order chi connectivity index (χ0) is 14.1. The van der Waals surface area contributed by atoms with Gasteiger partial charge in [0.05, 0.1) is 23.2 Å². The van der Waals surface area contributed by atoms with E-state index >= 15 is 0 Å². The van der Waals surface area contributed by atoms with Crippen LogP contribution in [-0.4, -0.2) is 16.5 Å². The maximum absolute atomic E-state index is 13.6. The second-order valence-electron chi connectivity index (χ2n) is 4.08. The molecule has 0 saturated heterocycles. The van der Waals surface area contributed by atoms with Crippen molar-refractivity contribution in [2.75, 3.05) is 0 Å². The number of allylic oxidation sites excluding steroid dienone is 1. The first kappa shape index (κ1) is 14.9. The summed E-state index contributed by atoms with van der Waals surface area (Å²) in [6.07, 6.45) is -3.45. The van der Waals surface area contributed by atoms with Crippen LogP contribution < -0.4 is 0 Å². The van der Waals surface area contributed by atoms with Gasteiger partial charge in [-0.2, -0.15) is 0 Å². The molecule has 0 radical (unpaired) electrons. The number of aliphatic hydroxyl groups is 1. The van der Waals surface area contributed by atoms with Crippen LogP contribution in [0.25, 0.3) is 5.57 Å². The Balaban J connectivity index is 3.47. The Morgan fingerprint density at radius 2 is 2.06 bits per heavy atom. The molecule has 0 bridgehead atoms. The number of hydrogen-bond donors (Lipinski definition) is 1. The number of rotatable bonds is 3. The van der Waals surface area contributed by atoms with E-state index in [4.69, 9.17) is 11.6 Å². The van der Waals surface area contributed by atoms with Gasteiger partial charge < -0.3 is 5.11 Å². The van der Waals surface area contributed by atoms with Crippen LogP contribution in [0.4, 0.5) is 17.6 Å². The largest absolute Gasteiger partial charge is 0.386 e. The van der Waals surface area contributed by atoms with E-state index in [-0.39, 0.29) is 11.9 Å². The Bertz CT molecular complexity index is 483. The van der Waals surface area contributed by atoms with E-state index in [1.165, 1.54) is 13.8 Å². The van der Waals surface area contributed by atoms with Crippen molar-refractivity contribution in [3.8, 4) is 0 Å². The minimum atomic E-state index is -3.13. The van der Waals surface area contributed by atoms with Crippen molar-refractivity contribution in [2.24, 2.45) is 0 Å². The summed E-state index contributed by atoms with van der Waals surface area (Å²) in [5.74, 6) is -1.03. The zero-order valence-corrected chi connectivity index (χ0v) is 10.3. The van der Waals surface area contributed by atoms with Gasteiger partial charge in [-0.05, 0) is 19.9 Å². The van der Waals surface area contributed by atoms with Crippen molar-refractivity contribution in [3.05, 3.63) is 34.6 Å². The van der Waals surface area contributed by atoms with E-state index in [1.807, 2.05) is 0 Å². The first-order chi connectivity index (χ1) is 8.18. The molecule has 0 aromatic carbocycles. The predicted molar refractivity (Wildman–Crippen MR) is 59.5 cm³/mol. The highest BCUT2D eigenvalue weighted by Crippen LogP contribution is 2.31. The first-order valence-electron chi connectivity index (χ1n) is 4.86. The third-order valence-corrected chi connectivity index (χ3v) is 2.48. The Morgan fingerprint density at radius 1 is 1.50 bits per heavy atom. The molecule has 0 saturated carbocycles. The summed E-state index contributed by atoms with van der Waals surface area (Å²) in [6, 6.07) is 0.846. The average molecular weight is 284 g/mol. The van der Waals surface area contributed by atoms with Gasteiger partial charge in [0, 0.05) is 5.56 Å². The lowest BCUT2D eigenvalue weighted by atomic mass is 9.97. The fraction of sp³-hybridized carbons (Fsp3) is 0.364. The Hall–Kier alpha value is -1.14. The topological polar surface area (TPSA) is 33.1 Å². The highest BCUT2D eigenvalue weighted by molar-refractivity contribution is 6.29. The summed E-state index contributed by atoms with van der Waals surface area (Å²) in [6.45, 7) is 2.49. The molecule has 0 aliphatic heterocycles. The maximum Gasteiger partial charge on any atom is 0.268 e. The molecule has 1 aromatic heterocycles. The molecule has 100 valence electrons. The Kier molecular flexibility index (Phi) is 4.34. The van der Waals surface area contributed by atoms with E-state index < -0.39 is 34.3 Å². The summed E-state index contributed by atoms with van der Waals surface area (Å²) in [5.41, 5.74) is -3.54. The summed E-state index contributed by atoms with van der Waals surface area (Å²) in [5, 5.41) is 8.98. The summed E-state index contributed by atoms with van der Waals surface area (Å²) >= 11 is 5.44. The molecular formula is C11H10ClF4NO. The van der Waals surface area contributed by atoms with Gasteiger partial charge in [0.1, 0.15) is 0 Å². The van der Waals surface area contributed by atoms with Crippen molar-refractivity contribution in [1.82, 2.24) is 4.98 Å². The van der Waals surface area contributed by atoms with Crippen molar-refractivity contribution in [2.45, 2.75) is 25.9 Å². The molecule has 1 heterocycles. The van der Waals surface area contributed by atoms with Crippen molar-refractivity contribution in [3.63, 3.8) is 0 Å². The smallest absolute Gasteiger partial charge is 0.268 e. The lowest BCUT2D eigenvalue weighted by Gasteiger charge is -2.20. The molecule has 0 spiro atoms. The summed E-state index contributed by atoms with van der Waals surface area (Å²) < 4.78 is 51.0. The van der Waals surface area contributed by atoms with Gasteiger partial charge in [-0.1, -0.05) is 11.6 Å². The highest BCUT2D eigenvalue weighted by atomic mass is 35.5. The van der Waals surface area contributed by atoms with Crippen LogP contribution in [0.15, 0.2) is 12.4 Å². The van der Waals surface area contributed by atoms with Gasteiger partial charge in [-0.25, -0.2) is 22.5 Å². The monoisotopic (exact) mass is 283 g/mol. The standard InChI is InChI=1S/C11H10ClF4NO/c1-11(2,18)6-3-7(5(4-13)10(15)16)17-9(12)8(6)14/h3-4,10,18H,1-2H3. The number of pyridine rings is 1. The predicted octanol–water partition coefficient (Wildman–Crippen LogP) is 3.68. The SMILES string of the molecule is CC(C)(O)c1cc(C(=CF)C(F)F)nc(Cl)c1F. The van der Waals surface area contributed by atoms with Crippen LogP contribution in [0.2, 0.25) is 5.15 Å². The molecule has 0 amide bonds. The number of halogens is 5. The molecule has 18 heavy (non-hydrogen) atoms. The van der Waals surface area contributed by atoms with E-state index in [1.54, 1.807) is 0 Å². The second-order valence-corrected chi connectivity index (χ2v) is 4.44. The lowest BCUT2D eigenvalue weighted by molar-refractivity contribution is 0.0743. The average Bonchev–Trinajstić information content (AvgIpc) is 2.21. The van der Waals surface area contributed by atoms with Crippen molar-refractivity contribution in [1.29, 1.82) is 0 Å². The normalized spacial score (nSPS) is 13.3. The van der Waals surface area contributed by atoms with Crippen LogP contribution in [0.1, 0.15) is 25.1 Å². The third-order valence-electron chi connectivity index (χ3n) is 2.22. The molecule has 1 aromatic rings. The number of aromatic nitrogens is 1. The van der Waals surface area contributed by atoms with E-state index in [0.717, 1.165) is 6.07 Å². The zero-order valence-electron chi connectivity index (χ0n) is 9.52.